The van der Waals surface area contributed by atoms with E-state index in [2.05, 4.69) is 24.7 Å². The number of piperazine rings is 1. The van der Waals surface area contributed by atoms with Gasteiger partial charge in [-0.25, -0.2) is 14.4 Å². The molecule has 0 atom stereocenters. The van der Waals surface area contributed by atoms with Crippen LogP contribution in [0.1, 0.15) is 31.2 Å². The minimum absolute atomic E-state index is 0.218. The van der Waals surface area contributed by atoms with Gasteiger partial charge in [0.1, 0.15) is 22.3 Å². The maximum absolute atomic E-state index is 13.2. The van der Waals surface area contributed by atoms with Crippen molar-refractivity contribution >= 4 is 45.0 Å². The number of rotatable bonds is 9. The Labute approximate surface area is 239 Å². The second kappa shape index (κ2) is 13.6. The summed E-state index contributed by atoms with van der Waals surface area (Å²) < 4.78 is 25.9. The summed E-state index contributed by atoms with van der Waals surface area (Å²) in [7, 11) is 1.68. The number of aromatic nitrogens is 2. The van der Waals surface area contributed by atoms with Crippen LogP contribution in [0.4, 0.5) is 10.2 Å². The molecule has 2 fully saturated rings. The molecule has 2 aliphatic heterocycles. The van der Waals surface area contributed by atoms with Crippen molar-refractivity contribution in [2.75, 3.05) is 64.4 Å². The van der Waals surface area contributed by atoms with Crippen LogP contribution in [0.2, 0.25) is 0 Å². The molecule has 0 radical (unpaired) electrons. The molecule has 1 aromatic heterocycles. The number of halogens is 1. The highest BCUT2D eigenvalue weighted by molar-refractivity contribution is 8.22. The molecule has 10 heteroatoms. The first-order chi connectivity index (χ1) is 19.1. The number of thiocarbonyl (C=S) groups is 1. The summed E-state index contributed by atoms with van der Waals surface area (Å²) in [6, 6.07) is 10.6. The van der Waals surface area contributed by atoms with E-state index < -0.39 is 0 Å². The van der Waals surface area contributed by atoms with Crippen molar-refractivity contribution in [3.8, 4) is 11.5 Å². The lowest BCUT2D eigenvalue weighted by molar-refractivity contribution is 0.203. The Kier molecular flexibility index (Phi) is 9.71. The largest absolute Gasteiger partial charge is 0.493 e. The highest BCUT2D eigenvalue weighted by Crippen LogP contribution is 2.35. The standard InChI is InChI=1S/C29H36FN5O2S2/c1-36-26-18-24-25(19-27(26)37-17-5-12-33-10-3-2-4-11-33)31-21-32-28(24)34-13-15-35(16-14-34)29(38)39-20-22-6-8-23(30)9-7-22/h6-9,18-19,21H,2-5,10-17,20H2,1H3. The number of ether oxygens (including phenoxy) is 2. The highest BCUT2D eigenvalue weighted by Gasteiger charge is 2.23. The molecule has 5 rings (SSSR count). The van der Waals surface area contributed by atoms with E-state index in [-0.39, 0.29) is 5.82 Å². The van der Waals surface area contributed by atoms with Crippen molar-refractivity contribution < 1.29 is 13.9 Å². The SMILES string of the molecule is COc1cc2c(N3CCN(C(=S)SCc4ccc(F)cc4)CC3)ncnc2cc1OCCCN1CCCCC1. The number of hydrogen-bond acceptors (Lipinski definition) is 8. The molecule has 208 valence electrons. The maximum atomic E-state index is 13.2. The third kappa shape index (κ3) is 7.29. The van der Waals surface area contributed by atoms with E-state index in [1.165, 1.54) is 44.5 Å². The summed E-state index contributed by atoms with van der Waals surface area (Å²) >= 11 is 7.32. The first-order valence-corrected chi connectivity index (χ1v) is 15.1. The first kappa shape index (κ1) is 27.9. The molecule has 7 nitrogen and oxygen atoms in total. The molecule has 0 unspecified atom stereocenters. The van der Waals surface area contributed by atoms with Gasteiger partial charge in [-0.1, -0.05) is 42.5 Å². The minimum atomic E-state index is -0.218. The number of thioether (sulfide) groups is 1. The van der Waals surface area contributed by atoms with Gasteiger partial charge in [-0.3, -0.25) is 0 Å². The molecule has 0 aliphatic carbocycles. The Morgan fingerprint density at radius 2 is 1.74 bits per heavy atom. The van der Waals surface area contributed by atoms with Crippen molar-refractivity contribution in [2.24, 2.45) is 0 Å². The van der Waals surface area contributed by atoms with Gasteiger partial charge >= 0.3 is 0 Å². The highest BCUT2D eigenvalue weighted by atomic mass is 32.2. The molecule has 0 spiro atoms. The van der Waals surface area contributed by atoms with Crippen LogP contribution in [0.15, 0.2) is 42.7 Å². The van der Waals surface area contributed by atoms with Crippen LogP contribution in [0.25, 0.3) is 10.9 Å². The zero-order valence-corrected chi connectivity index (χ0v) is 24.1. The summed E-state index contributed by atoms with van der Waals surface area (Å²) in [5, 5.41) is 0.955. The summed E-state index contributed by atoms with van der Waals surface area (Å²) in [5.74, 6) is 2.84. The van der Waals surface area contributed by atoms with Gasteiger partial charge in [0.15, 0.2) is 11.5 Å². The quantitative estimate of drug-likeness (QED) is 0.250. The fraction of sp³-hybridized carbons (Fsp3) is 0.483. The molecule has 39 heavy (non-hydrogen) atoms. The summed E-state index contributed by atoms with van der Waals surface area (Å²) in [6.07, 6.45) is 6.58. The molecular weight excluding hydrogens is 533 g/mol. The number of fused-ring (bicyclic) bond motifs is 1. The van der Waals surface area contributed by atoms with Crippen molar-refractivity contribution in [1.29, 1.82) is 0 Å². The van der Waals surface area contributed by atoms with Crippen LogP contribution in [0, 0.1) is 5.82 Å². The zero-order chi connectivity index (χ0) is 27.0. The van der Waals surface area contributed by atoms with E-state index >= 15 is 0 Å². The van der Waals surface area contributed by atoms with Crippen LogP contribution in [0.5, 0.6) is 11.5 Å². The third-order valence-corrected chi connectivity index (χ3v) is 8.93. The van der Waals surface area contributed by atoms with Gasteiger partial charge in [0.2, 0.25) is 0 Å². The van der Waals surface area contributed by atoms with Crippen LogP contribution < -0.4 is 14.4 Å². The molecule has 0 amide bonds. The Balaban J connectivity index is 1.18. The second-order valence-electron chi connectivity index (χ2n) is 9.98. The van der Waals surface area contributed by atoms with Crippen LogP contribution in [0.3, 0.4) is 0 Å². The van der Waals surface area contributed by atoms with E-state index in [4.69, 9.17) is 21.7 Å². The predicted octanol–water partition coefficient (Wildman–Crippen LogP) is 5.37. The minimum Gasteiger partial charge on any atom is -0.493 e. The fourth-order valence-corrected chi connectivity index (χ4v) is 6.35. The molecule has 0 saturated carbocycles. The van der Waals surface area contributed by atoms with Crippen molar-refractivity contribution in [3.05, 3.63) is 54.1 Å². The predicted molar refractivity (Wildman–Crippen MR) is 161 cm³/mol. The van der Waals surface area contributed by atoms with Crippen molar-refractivity contribution in [1.82, 2.24) is 19.8 Å². The van der Waals surface area contributed by atoms with E-state index in [1.807, 2.05) is 24.3 Å². The summed E-state index contributed by atoms with van der Waals surface area (Å²) in [5.41, 5.74) is 1.91. The van der Waals surface area contributed by atoms with Crippen molar-refractivity contribution in [3.63, 3.8) is 0 Å². The molecular formula is C29H36FN5O2S2. The van der Waals surface area contributed by atoms with Gasteiger partial charge in [-0.05, 0) is 56.1 Å². The average Bonchev–Trinajstić information content (AvgIpc) is 2.98. The fourth-order valence-electron chi connectivity index (χ4n) is 5.15. The van der Waals surface area contributed by atoms with Gasteiger partial charge < -0.3 is 24.2 Å². The number of hydrogen-bond donors (Lipinski definition) is 0. The topological polar surface area (TPSA) is 54.0 Å². The Morgan fingerprint density at radius 3 is 2.49 bits per heavy atom. The lowest BCUT2D eigenvalue weighted by atomic mass is 10.1. The van der Waals surface area contributed by atoms with E-state index in [0.29, 0.717) is 12.4 Å². The molecule has 2 saturated heterocycles. The van der Waals surface area contributed by atoms with Gasteiger partial charge in [0.25, 0.3) is 0 Å². The average molecular weight is 570 g/mol. The number of likely N-dealkylation sites (tertiary alicyclic amines) is 1. The van der Waals surface area contributed by atoms with E-state index in [9.17, 15) is 4.39 Å². The molecule has 2 aromatic carbocycles. The number of anilines is 1. The number of methoxy groups -OCH3 is 1. The lowest BCUT2D eigenvalue weighted by Gasteiger charge is -2.36. The van der Waals surface area contributed by atoms with Gasteiger partial charge in [0, 0.05) is 49.9 Å². The Morgan fingerprint density at radius 1 is 0.974 bits per heavy atom. The van der Waals surface area contributed by atoms with Crippen molar-refractivity contribution in [2.45, 2.75) is 31.4 Å². The number of nitrogens with zero attached hydrogens (tertiary/aromatic N) is 5. The van der Waals surface area contributed by atoms with E-state index in [1.54, 1.807) is 25.2 Å². The zero-order valence-electron chi connectivity index (χ0n) is 22.5. The smallest absolute Gasteiger partial charge is 0.163 e. The number of piperidine rings is 1. The van der Waals surface area contributed by atoms with Crippen LogP contribution in [-0.2, 0) is 5.75 Å². The number of benzene rings is 2. The second-order valence-corrected chi connectivity index (χ2v) is 11.6. The molecule has 3 aromatic rings. The third-order valence-electron chi connectivity index (χ3n) is 7.34. The first-order valence-electron chi connectivity index (χ1n) is 13.7. The molecule has 2 aliphatic rings. The molecule has 0 bridgehead atoms. The Hall–Kier alpha value is -2.69. The van der Waals surface area contributed by atoms with E-state index in [0.717, 1.165) is 77.3 Å². The van der Waals surface area contributed by atoms with Gasteiger partial charge in [-0.15, -0.1) is 0 Å². The van der Waals surface area contributed by atoms with Crippen LogP contribution in [-0.4, -0.2) is 83.6 Å². The summed E-state index contributed by atoms with van der Waals surface area (Å²) in [4.78, 5) is 16.2. The van der Waals surface area contributed by atoms with Crippen LogP contribution >= 0.6 is 24.0 Å². The summed E-state index contributed by atoms with van der Waals surface area (Å²) in [6.45, 7) is 7.37. The molecule has 0 N–H and O–H groups in total. The normalized spacial score (nSPS) is 16.5. The maximum Gasteiger partial charge on any atom is 0.163 e. The molecule has 3 heterocycles. The van der Waals surface area contributed by atoms with Gasteiger partial charge in [0.05, 0.1) is 19.2 Å². The monoisotopic (exact) mass is 569 g/mol. The Bertz CT molecular complexity index is 1250. The van der Waals surface area contributed by atoms with Gasteiger partial charge in [-0.2, -0.15) is 0 Å². The lowest BCUT2D eigenvalue weighted by Crippen LogP contribution is -2.48.